The van der Waals surface area contributed by atoms with Crippen molar-refractivity contribution in [2.24, 2.45) is 0 Å². The summed E-state index contributed by atoms with van der Waals surface area (Å²) in [5.74, 6) is 1.09. The Morgan fingerprint density at radius 2 is 2.07 bits per heavy atom. The van der Waals surface area contributed by atoms with Crippen molar-refractivity contribution < 1.29 is 0 Å². The smallest absolute Gasteiger partial charge is 0.184 e. The van der Waals surface area contributed by atoms with Crippen LogP contribution in [-0.4, -0.2) is 40.5 Å². The second-order valence-electron chi connectivity index (χ2n) is 2.70. The Balaban J connectivity index is 2.21. The maximum Gasteiger partial charge on any atom is 0.184 e. The van der Waals surface area contributed by atoms with Gasteiger partial charge in [-0.3, -0.25) is 0 Å². The maximum atomic E-state index is 4.03. The molecule has 1 aromatic rings. The van der Waals surface area contributed by atoms with Crippen LogP contribution < -0.4 is 0 Å². The molecule has 1 aromatic heterocycles. The minimum absolute atomic E-state index is 0.864. The third-order valence-corrected chi connectivity index (χ3v) is 4.38. The van der Waals surface area contributed by atoms with E-state index in [1.807, 2.05) is 0 Å². The average molecular weight is 296 g/mol. The third kappa shape index (κ3) is 4.25. The number of halogens is 1. The van der Waals surface area contributed by atoms with Crippen molar-refractivity contribution in [3.05, 3.63) is 3.92 Å². The van der Waals surface area contributed by atoms with Crippen molar-refractivity contribution in [1.82, 2.24) is 15.1 Å². The van der Waals surface area contributed by atoms with Crippen LogP contribution >= 0.6 is 39.0 Å². The molecule has 0 radical (unpaired) electrons. The normalized spacial score (nSPS) is 11.1. The number of nitrogens with zero attached hydrogens (tertiary/aromatic N) is 3. The Bertz CT molecular complexity index is 263. The van der Waals surface area contributed by atoms with E-state index in [0.29, 0.717) is 0 Å². The van der Waals surface area contributed by atoms with Gasteiger partial charge in [-0.1, -0.05) is 36.9 Å². The molecule has 0 saturated carbocycles. The second kappa shape index (κ2) is 6.76. The summed E-state index contributed by atoms with van der Waals surface area (Å²) >= 11 is 6.67. The molecular formula is C8H14BrN3S2. The molecule has 0 saturated heterocycles. The summed E-state index contributed by atoms with van der Waals surface area (Å²) in [6, 6.07) is 0. The van der Waals surface area contributed by atoms with Gasteiger partial charge in [0.2, 0.25) is 0 Å². The standard InChI is InChI=1S/C8H14BrN3S2/c1-3-12(4-2)5-6-13-8-11-10-7(9)14-8/h3-6H2,1-2H3. The van der Waals surface area contributed by atoms with Gasteiger partial charge in [-0.05, 0) is 29.0 Å². The van der Waals surface area contributed by atoms with Gasteiger partial charge >= 0.3 is 0 Å². The van der Waals surface area contributed by atoms with Crippen LogP contribution in [0.15, 0.2) is 8.26 Å². The molecule has 1 heterocycles. The van der Waals surface area contributed by atoms with Gasteiger partial charge in [-0.2, -0.15) is 0 Å². The predicted octanol–water partition coefficient (Wildman–Crippen LogP) is 2.73. The van der Waals surface area contributed by atoms with Gasteiger partial charge in [0, 0.05) is 12.3 Å². The van der Waals surface area contributed by atoms with Gasteiger partial charge in [0.25, 0.3) is 0 Å². The quantitative estimate of drug-likeness (QED) is 0.755. The topological polar surface area (TPSA) is 29.0 Å². The molecule has 80 valence electrons. The van der Waals surface area contributed by atoms with E-state index >= 15 is 0 Å². The Morgan fingerprint density at radius 1 is 1.36 bits per heavy atom. The fourth-order valence-corrected chi connectivity index (χ4v) is 3.57. The highest BCUT2D eigenvalue weighted by atomic mass is 79.9. The van der Waals surface area contributed by atoms with Crippen LogP contribution in [0.25, 0.3) is 0 Å². The van der Waals surface area contributed by atoms with Crippen LogP contribution in [0.4, 0.5) is 0 Å². The van der Waals surface area contributed by atoms with Gasteiger partial charge in [0.1, 0.15) is 0 Å². The molecule has 0 aliphatic rings. The maximum absolute atomic E-state index is 4.03. The zero-order valence-corrected chi connectivity index (χ0v) is 11.6. The first-order chi connectivity index (χ1) is 6.76. The highest BCUT2D eigenvalue weighted by Crippen LogP contribution is 2.25. The fraction of sp³-hybridized carbons (Fsp3) is 0.750. The van der Waals surface area contributed by atoms with E-state index in [4.69, 9.17) is 0 Å². The number of aromatic nitrogens is 2. The van der Waals surface area contributed by atoms with Crippen LogP contribution in [0.3, 0.4) is 0 Å². The molecule has 0 N–H and O–H groups in total. The minimum Gasteiger partial charge on any atom is -0.303 e. The summed E-state index contributed by atoms with van der Waals surface area (Å²) in [6.45, 7) is 7.74. The van der Waals surface area contributed by atoms with Crippen molar-refractivity contribution in [2.45, 2.75) is 18.2 Å². The number of rotatable bonds is 6. The lowest BCUT2D eigenvalue weighted by Gasteiger charge is -2.16. The van der Waals surface area contributed by atoms with E-state index in [1.165, 1.54) is 0 Å². The van der Waals surface area contributed by atoms with Crippen molar-refractivity contribution >= 4 is 39.0 Å². The van der Waals surface area contributed by atoms with Crippen LogP contribution in [0.5, 0.6) is 0 Å². The molecule has 0 fully saturated rings. The predicted molar refractivity (Wildman–Crippen MR) is 66.1 cm³/mol. The molecule has 3 nitrogen and oxygen atoms in total. The van der Waals surface area contributed by atoms with E-state index in [0.717, 1.165) is 33.6 Å². The Morgan fingerprint density at radius 3 is 2.57 bits per heavy atom. The fourth-order valence-electron chi connectivity index (χ4n) is 1.05. The molecular weight excluding hydrogens is 282 g/mol. The van der Waals surface area contributed by atoms with Crippen LogP contribution in [-0.2, 0) is 0 Å². The van der Waals surface area contributed by atoms with Crippen molar-refractivity contribution in [3.8, 4) is 0 Å². The first kappa shape index (κ1) is 12.4. The summed E-state index contributed by atoms with van der Waals surface area (Å²) in [5.41, 5.74) is 0. The van der Waals surface area contributed by atoms with Crippen molar-refractivity contribution in [1.29, 1.82) is 0 Å². The number of hydrogen-bond acceptors (Lipinski definition) is 5. The van der Waals surface area contributed by atoms with Crippen molar-refractivity contribution in [3.63, 3.8) is 0 Å². The SMILES string of the molecule is CCN(CC)CCSc1nnc(Br)s1. The van der Waals surface area contributed by atoms with Gasteiger partial charge in [0.05, 0.1) is 0 Å². The lowest BCUT2D eigenvalue weighted by atomic mass is 10.5. The first-order valence-corrected chi connectivity index (χ1v) is 7.20. The number of hydrogen-bond donors (Lipinski definition) is 0. The van der Waals surface area contributed by atoms with Gasteiger partial charge in [-0.25, -0.2) is 0 Å². The Labute approximate surface area is 101 Å². The number of thioether (sulfide) groups is 1. The van der Waals surface area contributed by atoms with Crippen molar-refractivity contribution in [2.75, 3.05) is 25.4 Å². The molecule has 0 amide bonds. The van der Waals surface area contributed by atoms with Gasteiger partial charge in [0.15, 0.2) is 8.26 Å². The monoisotopic (exact) mass is 295 g/mol. The van der Waals surface area contributed by atoms with Crippen LogP contribution in [0.2, 0.25) is 0 Å². The molecule has 0 atom stereocenters. The summed E-state index contributed by atoms with van der Waals surface area (Å²) in [5, 5.41) is 7.94. The molecule has 6 heteroatoms. The lowest BCUT2D eigenvalue weighted by Crippen LogP contribution is -2.25. The van der Waals surface area contributed by atoms with E-state index in [9.17, 15) is 0 Å². The Hall–Kier alpha value is 0.350. The summed E-state index contributed by atoms with van der Waals surface area (Å²) in [4.78, 5) is 2.41. The third-order valence-electron chi connectivity index (χ3n) is 1.91. The van der Waals surface area contributed by atoms with E-state index in [1.54, 1.807) is 23.1 Å². The summed E-state index contributed by atoms with van der Waals surface area (Å²) in [7, 11) is 0. The molecule has 0 bridgehead atoms. The lowest BCUT2D eigenvalue weighted by molar-refractivity contribution is 0.324. The highest BCUT2D eigenvalue weighted by Gasteiger charge is 2.03. The average Bonchev–Trinajstić information content (AvgIpc) is 2.59. The first-order valence-electron chi connectivity index (χ1n) is 4.60. The Kier molecular flexibility index (Phi) is 6.00. The molecule has 0 unspecified atom stereocenters. The molecule has 0 aliphatic heterocycles. The molecule has 14 heavy (non-hydrogen) atoms. The molecule has 0 spiro atoms. The summed E-state index contributed by atoms with van der Waals surface area (Å²) < 4.78 is 1.91. The molecule has 1 rings (SSSR count). The van der Waals surface area contributed by atoms with Crippen LogP contribution in [0, 0.1) is 0 Å². The molecule has 0 aromatic carbocycles. The van der Waals surface area contributed by atoms with E-state index in [-0.39, 0.29) is 0 Å². The second-order valence-corrected chi connectivity index (χ2v) is 6.29. The summed E-state index contributed by atoms with van der Waals surface area (Å²) in [6.07, 6.45) is 0. The van der Waals surface area contributed by atoms with Crippen LogP contribution in [0.1, 0.15) is 13.8 Å². The van der Waals surface area contributed by atoms with Gasteiger partial charge in [-0.15, -0.1) is 10.2 Å². The zero-order valence-electron chi connectivity index (χ0n) is 8.36. The van der Waals surface area contributed by atoms with E-state index < -0.39 is 0 Å². The largest absolute Gasteiger partial charge is 0.303 e. The molecule has 0 aliphatic carbocycles. The highest BCUT2D eigenvalue weighted by molar-refractivity contribution is 9.11. The van der Waals surface area contributed by atoms with Gasteiger partial charge < -0.3 is 4.90 Å². The minimum atomic E-state index is 0.864. The van der Waals surface area contributed by atoms with E-state index in [2.05, 4.69) is 44.9 Å². The zero-order chi connectivity index (χ0) is 10.4.